The summed E-state index contributed by atoms with van der Waals surface area (Å²) in [5.74, 6) is -21.5. The molecule has 0 bridgehead atoms. The van der Waals surface area contributed by atoms with Crippen molar-refractivity contribution in [2.45, 2.75) is 48.5 Å². The fourth-order valence-electron chi connectivity index (χ4n) is 1.65. The SMILES string of the molecule is FC(F)C(F)(F)C(F)(F)C(F)(F)CN1C(F)(F)C(F)(F)OC(F)(F)C1(F)F. The van der Waals surface area contributed by atoms with Crippen molar-refractivity contribution < 1.29 is 75.0 Å². The number of alkyl halides is 16. The van der Waals surface area contributed by atoms with Crippen molar-refractivity contribution in [2.24, 2.45) is 0 Å². The molecule has 0 unspecified atom stereocenters. The molecule has 1 heterocycles. The van der Waals surface area contributed by atoms with Gasteiger partial charge in [0, 0.05) is 0 Å². The largest absolute Gasteiger partial charge is 0.439 e. The van der Waals surface area contributed by atoms with Crippen LogP contribution in [-0.2, 0) is 4.74 Å². The second kappa shape index (κ2) is 5.90. The Kier molecular flexibility index (Phi) is 5.21. The molecule has 0 aromatic heterocycles. The van der Waals surface area contributed by atoms with Crippen LogP contribution in [0.25, 0.3) is 0 Å². The van der Waals surface area contributed by atoms with Gasteiger partial charge in [0.25, 0.3) is 0 Å². The number of hydrogen-bond donors (Lipinski definition) is 0. The molecular weight excluding hydrogens is 442 g/mol. The quantitative estimate of drug-likeness (QED) is 0.443. The van der Waals surface area contributed by atoms with Crippen LogP contribution in [0.3, 0.4) is 0 Å². The molecule has 18 heteroatoms. The van der Waals surface area contributed by atoms with Crippen LogP contribution in [0.1, 0.15) is 0 Å². The molecule has 0 saturated carbocycles. The highest BCUT2D eigenvalue weighted by atomic mass is 19.4. The zero-order valence-electron chi connectivity index (χ0n) is 11.7. The minimum absolute atomic E-state index is 1.82. The molecular formula is C9H3F16NO. The van der Waals surface area contributed by atoms with Crippen LogP contribution >= 0.6 is 0 Å². The van der Waals surface area contributed by atoms with E-state index < -0.39 is 59.9 Å². The van der Waals surface area contributed by atoms with Crippen molar-refractivity contribution in [3.05, 3.63) is 0 Å². The summed E-state index contributed by atoms with van der Waals surface area (Å²) in [6.07, 6.45) is -19.0. The van der Waals surface area contributed by atoms with Crippen molar-refractivity contribution >= 4 is 0 Å². The molecule has 0 amide bonds. The van der Waals surface area contributed by atoms with E-state index in [9.17, 15) is 70.2 Å². The first kappa shape index (κ1) is 23.8. The number of nitrogens with zero attached hydrogens (tertiary/aromatic N) is 1. The van der Waals surface area contributed by atoms with E-state index in [1.165, 1.54) is 0 Å². The summed E-state index contributed by atoms with van der Waals surface area (Å²) >= 11 is 0. The third-order valence-electron chi connectivity index (χ3n) is 3.14. The molecule has 0 atom stereocenters. The summed E-state index contributed by atoms with van der Waals surface area (Å²) in [6, 6.07) is -13.8. The Balaban J connectivity index is 3.49. The molecule has 1 fully saturated rings. The van der Waals surface area contributed by atoms with Crippen LogP contribution in [0, 0.1) is 0 Å². The Morgan fingerprint density at radius 1 is 0.704 bits per heavy atom. The molecule has 0 aromatic carbocycles. The van der Waals surface area contributed by atoms with Crippen LogP contribution in [0.15, 0.2) is 0 Å². The fraction of sp³-hybridized carbons (Fsp3) is 1.00. The van der Waals surface area contributed by atoms with Crippen LogP contribution in [0.4, 0.5) is 70.2 Å². The van der Waals surface area contributed by atoms with Gasteiger partial charge in [0.15, 0.2) is 0 Å². The Labute approximate surface area is 136 Å². The van der Waals surface area contributed by atoms with Gasteiger partial charge in [-0.3, -0.25) is 0 Å². The summed E-state index contributed by atoms with van der Waals surface area (Å²) in [5, 5.41) is 0. The van der Waals surface area contributed by atoms with Crippen molar-refractivity contribution in [2.75, 3.05) is 6.54 Å². The third-order valence-corrected chi connectivity index (χ3v) is 3.14. The van der Waals surface area contributed by atoms with Gasteiger partial charge in [-0.1, -0.05) is 0 Å². The maximum atomic E-state index is 13.2. The first-order valence-electron chi connectivity index (χ1n) is 5.90. The molecule has 27 heavy (non-hydrogen) atoms. The van der Waals surface area contributed by atoms with E-state index >= 15 is 0 Å². The van der Waals surface area contributed by atoms with Crippen LogP contribution < -0.4 is 0 Å². The zero-order chi connectivity index (χ0) is 22.1. The second-order valence-corrected chi connectivity index (χ2v) is 5.01. The van der Waals surface area contributed by atoms with Crippen molar-refractivity contribution in [1.29, 1.82) is 0 Å². The number of ether oxygens (including phenoxy) is 1. The fourth-order valence-corrected chi connectivity index (χ4v) is 1.65. The average Bonchev–Trinajstić information content (AvgIpc) is 2.41. The number of morpholine rings is 1. The van der Waals surface area contributed by atoms with E-state index in [-0.39, 0.29) is 0 Å². The Bertz CT molecular complexity index is 544. The predicted octanol–water partition coefficient (Wildman–Crippen LogP) is 4.86. The van der Waals surface area contributed by atoms with Crippen molar-refractivity contribution in [1.82, 2.24) is 4.90 Å². The normalized spacial score (nSPS) is 25.7. The molecule has 1 saturated heterocycles. The summed E-state index contributed by atoms with van der Waals surface area (Å²) in [5.41, 5.74) is 0. The molecule has 1 aliphatic heterocycles. The van der Waals surface area contributed by atoms with Crippen LogP contribution in [0.5, 0.6) is 0 Å². The van der Waals surface area contributed by atoms with Crippen molar-refractivity contribution in [3.63, 3.8) is 0 Å². The number of halogens is 16. The van der Waals surface area contributed by atoms with Gasteiger partial charge in [0.2, 0.25) is 0 Å². The summed E-state index contributed by atoms with van der Waals surface area (Å²) in [7, 11) is 0. The number of rotatable bonds is 5. The van der Waals surface area contributed by atoms with Gasteiger partial charge < -0.3 is 0 Å². The first-order valence-corrected chi connectivity index (χ1v) is 5.90. The lowest BCUT2D eigenvalue weighted by molar-refractivity contribution is -0.566. The minimum Gasteiger partial charge on any atom is -0.243 e. The Morgan fingerprint density at radius 2 is 1.04 bits per heavy atom. The zero-order valence-corrected chi connectivity index (χ0v) is 11.7. The third kappa shape index (κ3) is 3.17. The molecule has 1 aliphatic rings. The molecule has 0 spiro atoms. The monoisotopic (exact) mass is 445 g/mol. The summed E-state index contributed by atoms with van der Waals surface area (Å²) < 4.78 is 207. The van der Waals surface area contributed by atoms with Crippen LogP contribution in [0.2, 0.25) is 0 Å². The molecule has 0 N–H and O–H groups in total. The lowest BCUT2D eigenvalue weighted by Gasteiger charge is -2.48. The molecule has 0 aliphatic carbocycles. The standard InChI is InChI=1S/C9H3F16NO/c10-2(11)4(14,15)5(16,17)3(12,13)1-26-6(18,19)8(22,23)27-9(24,25)7(26,20)21/h2H,1H2. The van der Waals surface area contributed by atoms with E-state index in [2.05, 4.69) is 0 Å². The molecule has 0 aromatic rings. The Morgan fingerprint density at radius 3 is 1.33 bits per heavy atom. The lowest BCUT2D eigenvalue weighted by Crippen LogP contribution is -2.76. The van der Waals surface area contributed by atoms with Gasteiger partial charge in [-0.25, -0.2) is 13.5 Å². The maximum absolute atomic E-state index is 13.2. The smallest absolute Gasteiger partial charge is 0.243 e. The van der Waals surface area contributed by atoms with Gasteiger partial charge in [-0.15, -0.1) is 0 Å². The van der Waals surface area contributed by atoms with Crippen molar-refractivity contribution in [3.8, 4) is 0 Å². The number of hydrogen-bond acceptors (Lipinski definition) is 2. The van der Waals surface area contributed by atoms with Gasteiger partial charge in [-0.2, -0.15) is 66.4 Å². The predicted molar refractivity (Wildman–Crippen MR) is 48.4 cm³/mol. The molecule has 1 rings (SSSR count). The van der Waals surface area contributed by atoms with E-state index in [0.29, 0.717) is 0 Å². The molecule has 2 nitrogen and oxygen atoms in total. The van der Waals surface area contributed by atoms with Gasteiger partial charge in [0.05, 0.1) is 6.54 Å². The summed E-state index contributed by atoms with van der Waals surface area (Å²) in [4.78, 5) is -3.22. The summed E-state index contributed by atoms with van der Waals surface area (Å²) in [6.45, 7) is -4.31. The van der Waals surface area contributed by atoms with E-state index in [4.69, 9.17) is 0 Å². The Hall–Kier alpha value is -1.20. The molecule has 0 radical (unpaired) electrons. The highest BCUT2D eigenvalue weighted by molar-refractivity contribution is 5.03. The van der Waals surface area contributed by atoms with Gasteiger partial charge in [-0.05, 0) is 0 Å². The lowest BCUT2D eigenvalue weighted by atomic mass is 10.0. The first-order chi connectivity index (χ1) is 11.5. The second-order valence-electron chi connectivity index (χ2n) is 5.01. The maximum Gasteiger partial charge on any atom is 0.439 e. The topological polar surface area (TPSA) is 12.5 Å². The van der Waals surface area contributed by atoms with Gasteiger partial charge >= 0.3 is 48.5 Å². The highest BCUT2D eigenvalue weighted by Gasteiger charge is 2.85. The molecule has 162 valence electrons. The van der Waals surface area contributed by atoms with E-state index in [1.54, 1.807) is 0 Å². The highest BCUT2D eigenvalue weighted by Crippen LogP contribution is 2.58. The van der Waals surface area contributed by atoms with E-state index in [1.807, 2.05) is 4.74 Å². The van der Waals surface area contributed by atoms with Gasteiger partial charge in [0.1, 0.15) is 0 Å². The average molecular weight is 445 g/mol. The van der Waals surface area contributed by atoms with E-state index in [0.717, 1.165) is 0 Å². The minimum atomic E-state index is -7.40. The van der Waals surface area contributed by atoms with Crippen LogP contribution in [-0.4, -0.2) is 59.9 Å².